The molecule has 2 aromatic rings. The molecule has 0 spiro atoms. The molecule has 2 nitrogen and oxygen atoms in total. The average Bonchev–Trinajstić information content (AvgIpc) is 2.54. The maximum absolute atomic E-state index is 4.67. The standard InChI is InChI=1S/C14H20N2/c1-6-13-15-11-9-10(14(2,3)4)7-8-12(11)16(13)5/h7-9H,6H2,1-5H3. The predicted molar refractivity (Wildman–Crippen MR) is 68.8 cm³/mol. The quantitative estimate of drug-likeness (QED) is 0.714. The summed E-state index contributed by atoms with van der Waals surface area (Å²) >= 11 is 0. The molecule has 2 rings (SSSR count). The van der Waals surface area contributed by atoms with Gasteiger partial charge in [-0.25, -0.2) is 4.98 Å². The van der Waals surface area contributed by atoms with Crippen LogP contribution >= 0.6 is 0 Å². The van der Waals surface area contributed by atoms with Crippen molar-refractivity contribution >= 4 is 11.0 Å². The topological polar surface area (TPSA) is 17.8 Å². The van der Waals surface area contributed by atoms with E-state index < -0.39 is 0 Å². The molecule has 2 heteroatoms. The number of imidazole rings is 1. The van der Waals surface area contributed by atoms with Crippen molar-refractivity contribution in [2.24, 2.45) is 7.05 Å². The summed E-state index contributed by atoms with van der Waals surface area (Å²) in [6.07, 6.45) is 0.982. The zero-order valence-electron chi connectivity index (χ0n) is 10.8. The molecular weight excluding hydrogens is 196 g/mol. The van der Waals surface area contributed by atoms with Gasteiger partial charge >= 0.3 is 0 Å². The van der Waals surface area contributed by atoms with Crippen LogP contribution in [0.3, 0.4) is 0 Å². The Balaban J connectivity index is 2.64. The average molecular weight is 216 g/mol. The minimum absolute atomic E-state index is 0.193. The number of hydrogen-bond donors (Lipinski definition) is 0. The SMILES string of the molecule is CCc1nc2cc(C(C)(C)C)ccc2n1C. The third-order valence-electron chi connectivity index (χ3n) is 3.16. The Morgan fingerprint density at radius 2 is 1.94 bits per heavy atom. The zero-order valence-corrected chi connectivity index (χ0v) is 10.8. The van der Waals surface area contributed by atoms with Gasteiger partial charge in [0.2, 0.25) is 0 Å². The molecule has 0 N–H and O–H groups in total. The molecule has 0 radical (unpaired) electrons. The number of benzene rings is 1. The van der Waals surface area contributed by atoms with Crippen LogP contribution in [0.1, 0.15) is 39.1 Å². The number of aryl methyl sites for hydroxylation is 2. The number of fused-ring (bicyclic) bond motifs is 1. The molecule has 1 aromatic carbocycles. The molecule has 0 saturated heterocycles. The van der Waals surface area contributed by atoms with Gasteiger partial charge in [0.05, 0.1) is 11.0 Å². The van der Waals surface area contributed by atoms with Crippen LogP contribution in [-0.2, 0) is 18.9 Å². The molecule has 0 amide bonds. The molecule has 0 bridgehead atoms. The van der Waals surface area contributed by atoms with E-state index in [-0.39, 0.29) is 5.41 Å². The van der Waals surface area contributed by atoms with Crippen LogP contribution in [0, 0.1) is 0 Å². The highest BCUT2D eigenvalue weighted by Gasteiger charge is 2.15. The van der Waals surface area contributed by atoms with Crippen molar-refractivity contribution in [3.8, 4) is 0 Å². The van der Waals surface area contributed by atoms with Gasteiger partial charge in [0.1, 0.15) is 5.82 Å². The van der Waals surface area contributed by atoms with Crippen LogP contribution in [0.5, 0.6) is 0 Å². The van der Waals surface area contributed by atoms with Crippen molar-refractivity contribution < 1.29 is 0 Å². The molecule has 0 aliphatic heterocycles. The predicted octanol–water partition coefficient (Wildman–Crippen LogP) is 3.43. The molecule has 0 unspecified atom stereocenters. The summed E-state index contributed by atoms with van der Waals surface area (Å²) in [5.41, 5.74) is 3.88. The molecule has 86 valence electrons. The highest BCUT2D eigenvalue weighted by atomic mass is 15.1. The van der Waals surface area contributed by atoms with Gasteiger partial charge < -0.3 is 4.57 Å². The third-order valence-corrected chi connectivity index (χ3v) is 3.16. The van der Waals surface area contributed by atoms with Crippen molar-refractivity contribution in [1.82, 2.24) is 9.55 Å². The molecule has 0 saturated carbocycles. The minimum atomic E-state index is 0.193. The van der Waals surface area contributed by atoms with Gasteiger partial charge in [0, 0.05) is 13.5 Å². The lowest BCUT2D eigenvalue weighted by atomic mass is 9.87. The summed E-state index contributed by atoms with van der Waals surface area (Å²) in [7, 11) is 2.09. The monoisotopic (exact) mass is 216 g/mol. The van der Waals surface area contributed by atoms with E-state index in [1.165, 1.54) is 11.1 Å². The van der Waals surface area contributed by atoms with E-state index in [0.29, 0.717) is 0 Å². The highest BCUT2D eigenvalue weighted by Crippen LogP contribution is 2.26. The first-order valence-corrected chi connectivity index (χ1v) is 5.89. The Morgan fingerprint density at radius 3 is 2.50 bits per heavy atom. The number of aromatic nitrogens is 2. The van der Waals surface area contributed by atoms with Crippen molar-refractivity contribution in [2.75, 3.05) is 0 Å². The number of nitrogens with zero attached hydrogens (tertiary/aromatic N) is 2. The lowest BCUT2D eigenvalue weighted by Gasteiger charge is -2.18. The third kappa shape index (κ3) is 1.73. The fourth-order valence-corrected chi connectivity index (χ4v) is 2.03. The van der Waals surface area contributed by atoms with Gasteiger partial charge in [-0.15, -0.1) is 0 Å². The van der Waals surface area contributed by atoms with Crippen molar-refractivity contribution in [3.05, 3.63) is 29.6 Å². The second-order valence-electron chi connectivity index (χ2n) is 5.39. The Hall–Kier alpha value is -1.31. The molecule has 0 atom stereocenters. The molecule has 1 aromatic heterocycles. The van der Waals surface area contributed by atoms with Crippen LogP contribution in [-0.4, -0.2) is 9.55 Å². The summed E-state index contributed by atoms with van der Waals surface area (Å²) in [4.78, 5) is 4.67. The van der Waals surface area contributed by atoms with Gasteiger partial charge in [0.15, 0.2) is 0 Å². The van der Waals surface area contributed by atoms with E-state index in [9.17, 15) is 0 Å². The fourth-order valence-electron chi connectivity index (χ4n) is 2.03. The molecule has 1 heterocycles. The normalized spacial score (nSPS) is 12.3. The molecule has 0 aliphatic carbocycles. The largest absolute Gasteiger partial charge is 0.331 e. The Bertz CT molecular complexity index is 515. The number of rotatable bonds is 1. The van der Waals surface area contributed by atoms with E-state index in [4.69, 9.17) is 0 Å². The second-order valence-corrected chi connectivity index (χ2v) is 5.39. The van der Waals surface area contributed by atoms with Gasteiger partial charge in [-0.05, 0) is 23.1 Å². The van der Waals surface area contributed by atoms with Gasteiger partial charge in [0.25, 0.3) is 0 Å². The Labute approximate surface area is 97.3 Å². The minimum Gasteiger partial charge on any atom is -0.331 e. The van der Waals surface area contributed by atoms with E-state index in [0.717, 1.165) is 17.8 Å². The van der Waals surface area contributed by atoms with Gasteiger partial charge in [-0.3, -0.25) is 0 Å². The summed E-state index contributed by atoms with van der Waals surface area (Å²) in [5, 5.41) is 0. The van der Waals surface area contributed by atoms with E-state index in [2.05, 4.69) is 62.5 Å². The molecule has 16 heavy (non-hydrogen) atoms. The first kappa shape index (κ1) is 11.2. The lowest BCUT2D eigenvalue weighted by molar-refractivity contribution is 0.591. The fraction of sp³-hybridized carbons (Fsp3) is 0.500. The van der Waals surface area contributed by atoms with E-state index >= 15 is 0 Å². The Morgan fingerprint density at radius 1 is 1.25 bits per heavy atom. The maximum Gasteiger partial charge on any atom is 0.109 e. The summed E-state index contributed by atoms with van der Waals surface area (Å²) in [6.45, 7) is 8.85. The number of hydrogen-bond acceptors (Lipinski definition) is 1. The van der Waals surface area contributed by atoms with Crippen LogP contribution < -0.4 is 0 Å². The van der Waals surface area contributed by atoms with Crippen molar-refractivity contribution in [1.29, 1.82) is 0 Å². The summed E-state index contributed by atoms with van der Waals surface area (Å²) < 4.78 is 2.18. The smallest absolute Gasteiger partial charge is 0.109 e. The van der Waals surface area contributed by atoms with Crippen molar-refractivity contribution in [3.63, 3.8) is 0 Å². The zero-order chi connectivity index (χ0) is 11.9. The first-order chi connectivity index (χ1) is 7.43. The van der Waals surface area contributed by atoms with Crippen LogP contribution in [0.25, 0.3) is 11.0 Å². The van der Waals surface area contributed by atoms with Crippen LogP contribution in [0.4, 0.5) is 0 Å². The Kier molecular flexibility index (Phi) is 2.53. The second kappa shape index (κ2) is 3.62. The molecule has 0 fully saturated rings. The van der Waals surface area contributed by atoms with Crippen molar-refractivity contribution in [2.45, 2.75) is 39.5 Å². The van der Waals surface area contributed by atoms with Crippen LogP contribution in [0.2, 0.25) is 0 Å². The maximum atomic E-state index is 4.67. The first-order valence-electron chi connectivity index (χ1n) is 5.89. The van der Waals surface area contributed by atoms with Gasteiger partial charge in [-0.2, -0.15) is 0 Å². The van der Waals surface area contributed by atoms with E-state index in [1.54, 1.807) is 0 Å². The highest BCUT2D eigenvalue weighted by molar-refractivity contribution is 5.77. The van der Waals surface area contributed by atoms with Gasteiger partial charge in [-0.1, -0.05) is 33.8 Å². The van der Waals surface area contributed by atoms with Crippen LogP contribution in [0.15, 0.2) is 18.2 Å². The van der Waals surface area contributed by atoms with E-state index in [1.807, 2.05) is 0 Å². The summed E-state index contributed by atoms with van der Waals surface area (Å²) in [6, 6.07) is 6.61. The molecular formula is C14H20N2. The summed E-state index contributed by atoms with van der Waals surface area (Å²) in [5.74, 6) is 1.15. The molecule has 0 aliphatic rings. The lowest BCUT2D eigenvalue weighted by Crippen LogP contribution is -2.10.